The quantitative estimate of drug-likeness (QED) is 0.576. The molecule has 0 aromatic heterocycles. The van der Waals surface area contributed by atoms with Crippen LogP contribution in [0.5, 0.6) is 0 Å². The topological polar surface area (TPSA) is 23.6 Å². The Morgan fingerprint density at radius 3 is 2.06 bits per heavy atom. The summed E-state index contributed by atoms with van der Waals surface area (Å²) < 4.78 is 36.9. The zero-order valence-corrected chi connectivity index (χ0v) is 8.82. The molecule has 0 bridgehead atoms. The van der Waals surface area contributed by atoms with Crippen molar-refractivity contribution in [3.63, 3.8) is 0 Å². The molecule has 0 unspecified atom stereocenters. The fraction of sp³-hybridized carbons (Fsp3) is 0.300. The number of halogens is 3. The molecule has 1 amide bonds. The standard InChI is InChI=1S/C10H11F3N2O/c1-14(15(2)10(11,12)13)9(16)8-6-4-3-5-7-8/h3-7H,1-2H3. The third kappa shape index (κ3) is 2.73. The van der Waals surface area contributed by atoms with Gasteiger partial charge in [0.25, 0.3) is 5.91 Å². The molecule has 0 radical (unpaired) electrons. The number of rotatable bonds is 2. The lowest BCUT2D eigenvalue weighted by atomic mass is 10.2. The number of hydrazine groups is 1. The summed E-state index contributed by atoms with van der Waals surface area (Å²) in [6.07, 6.45) is -4.57. The van der Waals surface area contributed by atoms with Gasteiger partial charge < -0.3 is 0 Å². The number of nitrogens with zero attached hydrogens (tertiary/aromatic N) is 2. The van der Waals surface area contributed by atoms with Crippen molar-refractivity contribution < 1.29 is 18.0 Å². The summed E-state index contributed by atoms with van der Waals surface area (Å²) in [6.45, 7) is 0. The molecule has 16 heavy (non-hydrogen) atoms. The van der Waals surface area contributed by atoms with Gasteiger partial charge in [0.2, 0.25) is 0 Å². The number of hydrogen-bond donors (Lipinski definition) is 0. The first-order valence-corrected chi connectivity index (χ1v) is 4.47. The highest BCUT2D eigenvalue weighted by atomic mass is 19.4. The van der Waals surface area contributed by atoms with Gasteiger partial charge >= 0.3 is 6.30 Å². The second kappa shape index (κ2) is 4.52. The first-order valence-electron chi connectivity index (χ1n) is 4.47. The van der Waals surface area contributed by atoms with Crippen molar-refractivity contribution in [3.8, 4) is 0 Å². The maximum Gasteiger partial charge on any atom is 0.477 e. The Kier molecular flexibility index (Phi) is 3.54. The van der Waals surface area contributed by atoms with Crippen LogP contribution in [0.1, 0.15) is 10.4 Å². The minimum atomic E-state index is -4.57. The van der Waals surface area contributed by atoms with Crippen LogP contribution in [-0.4, -0.2) is 36.3 Å². The van der Waals surface area contributed by atoms with Crippen molar-refractivity contribution in [2.45, 2.75) is 6.30 Å². The number of amides is 1. The lowest BCUT2D eigenvalue weighted by Gasteiger charge is -2.29. The molecule has 0 aliphatic rings. The molecule has 1 aromatic rings. The van der Waals surface area contributed by atoms with Crippen molar-refractivity contribution in [3.05, 3.63) is 35.9 Å². The van der Waals surface area contributed by atoms with Gasteiger partial charge in [-0.3, -0.25) is 9.80 Å². The van der Waals surface area contributed by atoms with E-state index in [2.05, 4.69) is 0 Å². The summed E-state index contributed by atoms with van der Waals surface area (Å²) in [5.74, 6) is -0.708. The SMILES string of the molecule is CN(C(=O)c1ccccc1)N(C)C(F)(F)F. The maximum absolute atomic E-state index is 12.3. The summed E-state index contributed by atoms with van der Waals surface area (Å²) in [5, 5.41) is 0.456. The summed E-state index contributed by atoms with van der Waals surface area (Å²) >= 11 is 0. The highest BCUT2D eigenvalue weighted by Crippen LogP contribution is 2.21. The van der Waals surface area contributed by atoms with Gasteiger partial charge in [-0.25, -0.2) is 0 Å². The van der Waals surface area contributed by atoms with Gasteiger partial charge in [0.05, 0.1) is 0 Å². The molecule has 0 saturated carbocycles. The first kappa shape index (κ1) is 12.5. The van der Waals surface area contributed by atoms with Crippen molar-refractivity contribution in [2.24, 2.45) is 0 Å². The van der Waals surface area contributed by atoms with Crippen LogP contribution in [0.25, 0.3) is 0 Å². The predicted molar refractivity (Wildman–Crippen MR) is 52.4 cm³/mol. The van der Waals surface area contributed by atoms with Crippen LogP contribution in [0.3, 0.4) is 0 Å². The Morgan fingerprint density at radius 1 is 1.12 bits per heavy atom. The maximum atomic E-state index is 12.3. The minimum absolute atomic E-state index is 0.0671. The van der Waals surface area contributed by atoms with E-state index < -0.39 is 12.2 Å². The molecule has 6 heteroatoms. The lowest BCUT2D eigenvalue weighted by Crippen LogP contribution is -2.49. The number of alkyl halides is 3. The van der Waals surface area contributed by atoms with E-state index in [-0.39, 0.29) is 10.6 Å². The monoisotopic (exact) mass is 232 g/mol. The molecule has 0 N–H and O–H groups in total. The summed E-state index contributed by atoms with van der Waals surface area (Å²) in [5.41, 5.74) is 0.209. The van der Waals surface area contributed by atoms with Gasteiger partial charge in [-0.15, -0.1) is 5.01 Å². The van der Waals surface area contributed by atoms with Gasteiger partial charge in [-0.2, -0.15) is 13.2 Å². The van der Waals surface area contributed by atoms with Crippen molar-refractivity contribution in [1.82, 2.24) is 10.0 Å². The van der Waals surface area contributed by atoms with Crippen molar-refractivity contribution >= 4 is 5.91 Å². The molecule has 0 aliphatic heterocycles. The van der Waals surface area contributed by atoms with Crippen LogP contribution < -0.4 is 0 Å². The van der Waals surface area contributed by atoms with Gasteiger partial charge in [0.1, 0.15) is 0 Å². The smallest absolute Gasteiger partial charge is 0.268 e. The van der Waals surface area contributed by atoms with E-state index in [1.54, 1.807) is 18.2 Å². The normalized spacial score (nSPS) is 11.6. The van der Waals surface area contributed by atoms with Crippen LogP contribution in [0, 0.1) is 0 Å². The molecule has 0 fully saturated rings. The van der Waals surface area contributed by atoms with E-state index in [1.807, 2.05) is 0 Å². The van der Waals surface area contributed by atoms with E-state index in [0.717, 1.165) is 14.1 Å². The molecule has 88 valence electrons. The van der Waals surface area contributed by atoms with Crippen molar-refractivity contribution in [2.75, 3.05) is 14.1 Å². The van der Waals surface area contributed by atoms with Gasteiger partial charge in [-0.05, 0) is 12.1 Å². The van der Waals surface area contributed by atoms with Crippen LogP contribution in [0.15, 0.2) is 30.3 Å². The van der Waals surface area contributed by atoms with E-state index in [1.165, 1.54) is 12.1 Å². The summed E-state index contributed by atoms with van der Waals surface area (Å²) in [4.78, 5) is 11.6. The zero-order valence-electron chi connectivity index (χ0n) is 8.82. The number of benzene rings is 1. The molecular weight excluding hydrogens is 221 g/mol. The van der Waals surface area contributed by atoms with Crippen molar-refractivity contribution in [1.29, 1.82) is 0 Å². The molecule has 0 aliphatic carbocycles. The van der Waals surface area contributed by atoms with E-state index in [4.69, 9.17) is 0 Å². The largest absolute Gasteiger partial charge is 0.477 e. The highest BCUT2D eigenvalue weighted by Gasteiger charge is 2.38. The molecule has 0 heterocycles. The lowest BCUT2D eigenvalue weighted by molar-refractivity contribution is -0.286. The fourth-order valence-corrected chi connectivity index (χ4v) is 1.07. The first-order chi connectivity index (χ1) is 7.34. The van der Waals surface area contributed by atoms with Gasteiger partial charge in [0.15, 0.2) is 0 Å². The van der Waals surface area contributed by atoms with E-state index in [9.17, 15) is 18.0 Å². The Balaban J connectivity index is 2.84. The molecule has 0 spiro atoms. The minimum Gasteiger partial charge on any atom is -0.268 e. The average Bonchev–Trinajstić information content (AvgIpc) is 2.26. The Morgan fingerprint density at radius 2 is 1.62 bits per heavy atom. The predicted octanol–water partition coefficient (Wildman–Crippen LogP) is 2.13. The fourth-order valence-electron chi connectivity index (χ4n) is 1.07. The average molecular weight is 232 g/mol. The Bertz CT molecular complexity index is 364. The molecule has 3 nitrogen and oxygen atoms in total. The highest BCUT2D eigenvalue weighted by molar-refractivity contribution is 5.93. The van der Waals surface area contributed by atoms with Crippen LogP contribution in [0.4, 0.5) is 13.2 Å². The number of hydrogen-bond acceptors (Lipinski definition) is 2. The molecule has 1 aromatic carbocycles. The summed E-state index contributed by atoms with van der Waals surface area (Å²) in [7, 11) is 1.86. The third-order valence-corrected chi connectivity index (χ3v) is 2.13. The van der Waals surface area contributed by atoms with E-state index in [0.29, 0.717) is 5.01 Å². The van der Waals surface area contributed by atoms with Gasteiger partial charge in [-0.1, -0.05) is 18.2 Å². The van der Waals surface area contributed by atoms with Gasteiger partial charge in [0, 0.05) is 19.7 Å². The number of carbonyl (C=O) groups is 1. The zero-order chi connectivity index (χ0) is 12.3. The number of carbonyl (C=O) groups excluding carboxylic acids is 1. The Labute approximate surface area is 91.0 Å². The molecule has 0 atom stereocenters. The second-order valence-corrected chi connectivity index (χ2v) is 3.19. The van der Waals surface area contributed by atoms with Crippen LogP contribution in [0.2, 0.25) is 0 Å². The molecule has 0 saturated heterocycles. The summed E-state index contributed by atoms with van der Waals surface area (Å²) in [6, 6.07) is 7.79. The van der Waals surface area contributed by atoms with E-state index >= 15 is 0 Å². The molecule has 1 rings (SSSR count). The molecular formula is C10H11F3N2O. The van der Waals surface area contributed by atoms with Crippen LogP contribution in [-0.2, 0) is 0 Å². The Hall–Kier alpha value is -1.56. The second-order valence-electron chi connectivity index (χ2n) is 3.19. The third-order valence-electron chi connectivity index (χ3n) is 2.13. The van der Waals surface area contributed by atoms with Crippen LogP contribution >= 0.6 is 0 Å².